The minimum absolute atomic E-state index is 0.000150. The summed E-state index contributed by atoms with van der Waals surface area (Å²) >= 11 is 0. The van der Waals surface area contributed by atoms with Gasteiger partial charge in [0, 0.05) is 30.9 Å². The Morgan fingerprint density at radius 1 is 0.852 bits per heavy atom. The summed E-state index contributed by atoms with van der Waals surface area (Å²) in [7, 11) is 0. The van der Waals surface area contributed by atoms with Crippen molar-refractivity contribution in [1.29, 1.82) is 0 Å². The van der Waals surface area contributed by atoms with Crippen molar-refractivity contribution in [3.05, 3.63) is 60.2 Å². The van der Waals surface area contributed by atoms with Crippen LogP contribution in [0.1, 0.15) is 31.2 Å². The van der Waals surface area contributed by atoms with Gasteiger partial charge in [0.2, 0.25) is 11.8 Å². The maximum atomic E-state index is 12.2. The minimum Gasteiger partial charge on any atom is -0.376 e. The molecule has 1 fully saturated rings. The first kappa shape index (κ1) is 19.0. The van der Waals surface area contributed by atoms with E-state index in [1.165, 1.54) is 6.42 Å². The normalized spacial score (nSPS) is 13.9. The largest absolute Gasteiger partial charge is 0.376 e. The van der Waals surface area contributed by atoms with E-state index in [0.29, 0.717) is 13.0 Å². The number of carbonyl (C=O) groups is 2. The standard InChI is InChI=1S/C22H27N3O2/c26-21(14-9-18-7-3-1-4-8-18)24-20-12-10-19(11-13-20)23-17-22(27)25-15-5-2-6-16-25/h1,3-4,7-8,10-13,23H,2,5-6,9,14-17H2,(H,24,26). The van der Waals surface area contributed by atoms with Crippen molar-refractivity contribution < 1.29 is 9.59 Å². The molecule has 2 amide bonds. The highest BCUT2D eigenvalue weighted by molar-refractivity contribution is 5.91. The van der Waals surface area contributed by atoms with Crippen molar-refractivity contribution in [2.24, 2.45) is 0 Å². The molecule has 1 saturated heterocycles. The molecule has 2 aromatic rings. The van der Waals surface area contributed by atoms with E-state index in [2.05, 4.69) is 10.6 Å². The molecule has 0 bridgehead atoms. The van der Waals surface area contributed by atoms with Crippen molar-refractivity contribution >= 4 is 23.2 Å². The number of hydrogen-bond acceptors (Lipinski definition) is 3. The van der Waals surface area contributed by atoms with Crippen LogP contribution >= 0.6 is 0 Å². The third kappa shape index (κ3) is 6.13. The Morgan fingerprint density at radius 2 is 1.52 bits per heavy atom. The summed E-state index contributed by atoms with van der Waals surface area (Å²) in [6.07, 6.45) is 4.60. The van der Waals surface area contributed by atoms with Crippen LogP contribution in [0.5, 0.6) is 0 Å². The number of nitrogens with one attached hydrogen (secondary N) is 2. The van der Waals surface area contributed by atoms with Crippen molar-refractivity contribution in [1.82, 2.24) is 4.90 Å². The second kappa shape index (κ2) is 9.76. The lowest BCUT2D eigenvalue weighted by molar-refractivity contribution is -0.130. The molecule has 1 heterocycles. The number of anilines is 2. The van der Waals surface area contributed by atoms with Crippen molar-refractivity contribution in [3.63, 3.8) is 0 Å². The van der Waals surface area contributed by atoms with Gasteiger partial charge in [0.05, 0.1) is 6.54 Å². The number of hydrogen-bond donors (Lipinski definition) is 2. The van der Waals surface area contributed by atoms with Crippen LogP contribution in [0.4, 0.5) is 11.4 Å². The summed E-state index contributed by atoms with van der Waals surface area (Å²) in [6.45, 7) is 2.05. The molecular weight excluding hydrogens is 338 g/mol. The fourth-order valence-corrected chi connectivity index (χ4v) is 3.23. The summed E-state index contributed by atoms with van der Waals surface area (Å²) in [5, 5.41) is 6.08. The molecule has 2 aromatic carbocycles. The quantitative estimate of drug-likeness (QED) is 0.787. The number of aryl methyl sites for hydroxylation is 1. The Hall–Kier alpha value is -2.82. The Labute approximate surface area is 160 Å². The van der Waals surface area contributed by atoms with Crippen LogP contribution in [0.15, 0.2) is 54.6 Å². The van der Waals surface area contributed by atoms with Gasteiger partial charge >= 0.3 is 0 Å². The molecule has 2 N–H and O–H groups in total. The molecule has 0 saturated carbocycles. The molecule has 27 heavy (non-hydrogen) atoms. The number of likely N-dealkylation sites (tertiary alicyclic amines) is 1. The predicted octanol–water partition coefficient (Wildman–Crippen LogP) is 3.68. The average Bonchev–Trinajstić information content (AvgIpc) is 2.73. The van der Waals surface area contributed by atoms with Crippen LogP contribution in [0.25, 0.3) is 0 Å². The highest BCUT2D eigenvalue weighted by atomic mass is 16.2. The molecule has 0 spiro atoms. The van der Waals surface area contributed by atoms with Gasteiger partial charge in [0.25, 0.3) is 0 Å². The van der Waals surface area contributed by atoms with E-state index in [1.807, 2.05) is 59.5 Å². The maximum absolute atomic E-state index is 12.2. The zero-order valence-electron chi connectivity index (χ0n) is 15.6. The lowest BCUT2D eigenvalue weighted by Gasteiger charge is -2.26. The Bertz CT molecular complexity index is 738. The Kier molecular flexibility index (Phi) is 6.85. The molecule has 3 rings (SSSR count). The SMILES string of the molecule is O=C(CCc1ccccc1)Nc1ccc(NCC(=O)N2CCCCC2)cc1. The molecule has 0 atom stereocenters. The highest BCUT2D eigenvalue weighted by Gasteiger charge is 2.15. The zero-order chi connectivity index (χ0) is 18.9. The lowest BCUT2D eigenvalue weighted by Crippen LogP contribution is -2.39. The first-order valence-electron chi connectivity index (χ1n) is 9.66. The van der Waals surface area contributed by atoms with Gasteiger partial charge in [-0.1, -0.05) is 30.3 Å². The molecule has 0 unspecified atom stereocenters. The van der Waals surface area contributed by atoms with Gasteiger partial charge in [0.15, 0.2) is 0 Å². The molecule has 0 aromatic heterocycles. The van der Waals surface area contributed by atoms with E-state index >= 15 is 0 Å². The first-order valence-corrected chi connectivity index (χ1v) is 9.66. The van der Waals surface area contributed by atoms with E-state index < -0.39 is 0 Å². The minimum atomic E-state index is -0.000150. The number of carbonyl (C=O) groups excluding carboxylic acids is 2. The smallest absolute Gasteiger partial charge is 0.241 e. The van der Waals surface area contributed by atoms with Crippen LogP contribution in [-0.4, -0.2) is 36.3 Å². The number of amides is 2. The molecule has 0 aliphatic carbocycles. The number of nitrogens with zero attached hydrogens (tertiary/aromatic N) is 1. The summed E-state index contributed by atoms with van der Waals surface area (Å²) in [4.78, 5) is 26.2. The number of rotatable bonds is 7. The molecule has 0 radical (unpaired) electrons. The van der Waals surface area contributed by atoms with E-state index in [-0.39, 0.29) is 11.8 Å². The molecular formula is C22H27N3O2. The summed E-state index contributed by atoms with van der Waals surface area (Å²) in [5.74, 6) is 0.146. The summed E-state index contributed by atoms with van der Waals surface area (Å²) < 4.78 is 0. The predicted molar refractivity (Wildman–Crippen MR) is 109 cm³/mol. The van der Waals surface area contributed by atoms with E-state index in [1.54, 1.807) is 0 Å². The Balaban J connectivity index is 1.41. The molecule has 5 nitrogen and oxygen atoms in total. The third-order valence-electron chi connectivity index (χ3n) is 4.80. The van der Waals surface area contributed by atoms with Gasteiger partial charge < -0.3 is 15.5 Å². The Morgan fingerprint density at radius 3 is 2.22 bits per heavy atom. The van der Waals surface area contributed by atoms with Gasteiger partial charge in [-0.3, -0.25) is 9.59 Å². The third-order valence-corrected chi connectivity index (χ3v) is 4.80. The second-order valence-electron chi connectivity index (χ2n) is 6.91. The topological polar surface area (TPSA) is 61.4 Å². The van der Waals surface area contributed by atoms with Gasteiger partial charge in [-0.2, -0.15) is 0 Å². The number of benzene rings is 2. The maximum Gasteiger partial charge on any atom is 0.241 e. The van der Waals surface area contributed by atoms with Gasteiger partial charge in [0.1, 0.15) is 0 Å². The fourth-order valence-electron chi connectivity index (χ4n) is 3.23. The van der Waals surface area contributed by atoms with Gasteiger partial charge in [-0.05, 0) is 55.5 Å². The molecule has 142 valence electrons. The first-order chi connectivity index (χ1) is 13.2. The van der Waals surface area contributed by atoms with Crippen LogP contribution in [0, 0.1) is 0 Å². The van der Waals surface area contributed by atoms with Crippen LogP contribution in [0.3, 0.4) is 0 Å². The van der Waals surface area contributed by atoms with Crippen LogP contribution in [0.2, 0.25) is 0 Å². The van der Waals surface area contributed by atoms with Crippen LogP contribution < -0.4 is 10.6 Å². The van der Waals surface area contributed by atoms with E-state index in [0.717, 1.165) is 49.3 Å². The summed E-state index contributed by atoms with van der Waals surface area (Å²) in [5.41, 5.74) is 2.80. The zero-order valence-corrected chi connectivity index (χ0v) is 15.6. The molecule has 5 heteroatoms. The van der Waals surface area contributed by atoms with Crippen molar-refractivity contribution in [2.75, 3.05) is 30.3 Å². The van der Waals surface area contributed by atoms with Gasteiger partial charge in [-0.25, -0.2) is 0 Å². The van der Waals surface area contributed by atoms with Crippen LogP contribution in [-0.2, 0) is 16.0 Å². The summed E-state index contributed by atoms with van der Waals surface area (Å²) in [6, 6.07) is 17.5. The fraction of sp³-hybridized carbons (Fsp3) is 0.364. The van der Waals surface area contributed by atoms with Crippen molar-refractivity contribution in [2.45, 2.75) is 32.1 Å². The van der Waals surface area contributed by atoms with E-state index in [9.17, 15) is 9.59 Å². The second-order valence-corrected chi connectivity index (χ2v) is 6.91. The average molecular weight is 365 g/mol. The van der Waals surface area contributed by atoms with Crippen molar-refractivity contribution in [3.8, 4) is 0 Å². The molecule has 1 aliphatic rings. The van der Waals surface area contributed by atoms with Gasteiger partial charge in [-0.15, -0.1) is 0 Å². The lowest BCUT2D eigenvalue weighted by atomic mass is 10.1. The van der Waals surface area contributed by atoms with E-state index in [4.69, 9.17) is 0 Å². The molecule has 1 aliphatic heterocycles. The highest BCUT2D eigenvalue weighted by Crippen LogP contribution is 2.15. The number of piperidine rings is 1. The monoisotopic (exact) mass is 365 g/mol.